The fourth-order valence-corrected chi connectivity index (χ4v) is 3.37. The smallest absolute Gasteiger partial charge is 0.243 e. The van der Waals surface area contributed by atoms with Crippen LogP contribution in [0.5, 0.6) is 0 Å². The van der Waals surface area contributed by atoms with Crippen molar-refractivity contribution >= 4 is 15.8 Å². The van der Waals surface area contributed by atoms with Gasteiger partial charge in [0.25, 0.3) is 0 Å². The zero-order valence-corrected chi connectivity index (χ0v) is 10.6. The predicted molar refractivity (Wildman–Crippen MR) is 66.0 cm³/mol. The fourth-order valence-electron chi connectivity index (χ4n) is 1.88. The van der Waals surface area contributed by atoms with E-state index in [4.69, 9.17) is 5.84 Å². The van der Waals surface area contributed by atoms with Gasteiger partial charge in [0.15, 0.2) is 0 Å². The third-order valence-corrected chi connectivity index (χ3v) is 4.84. The maximum Gasteiger partial charge on any atom is 0.243 e. The highest BCUT2D eigenvalue weighted by molar-refractivity contribution is 7.89. The first-order valence-electron chi connectivity index (χ1n) is 5.65. The molecule has 100 valence electrons. The van der Waals surface area contributed by atoms with Gasteiger partial charge in [0, 0.05) is 25.4 Å². The number of hydrazine groups is 1. The Labute approximate surface area is 106 Å². The van der Waals surface area contributed by atoms with E-state index in [0.29, 0.717) is 31.7 Å². The number of nitrogens with two attached hydrogens (primary N) is 1. The number of hydrogen-bond donors (Lipinski definition) is 3. The van der Waals surface area contributed by atoms with Crippen LogP contribution < -0.4 is 11.3 Å². The third-order valence-electron chi connectivity index (χ3n) is 2.94. The van der Waals surface area contributed by atoms with Crippen LogP contribution >= 0.6 is 0 Å². The first-order chi connectivity index (χ1) is 8.54. The number of aliphatic hydroxyl groups excluding tert-OH is 1. The lowest BCUT2D eigenvalue weighted by Crippen LogP contribution is -2.40. The Morgan fingerprint density at radius 2 is 2.11 bits per heavy atom. The monoisotopic (exact) mass is 272 g/mol. The van der Waals surface area contributed by atoms with Gasteiger partial charge in [0.1, 0.15) is 5.82 Å². The SMILES string of the molecule is NNc1cc(S(=O)(=O)N2CCC(O)CC2)ccn1. The van der Waals surface area contributed by atoms with Gasteiger partial charge >= 0.3 is 0 Å². The Morgan fingerprint density at radius 1 is 1.44 bits per heavy atom. The van der Waals surface area contributed by atoms with Crippen LogP contribution in [0.1, 0.15) is 12.8 Å². The van der Waals surface area contributed by atoms with Gasteiger partial charge in [0.05, 0.1) is 11.0 Å². The van der Waals surface area contributed by atoms with Crippen molar-refractivity contribution in [3.63, 3.8) is 0 Å². The number of aliphatic hydroxyl groups is 1. The van der Waals surface area contributed by atoms with Gasteiger partial charge in [-0.1, -0.05) is 0 Å². The van der Waals surface area contributed by atoms with Crippen LogP contribution in [0.25, 0.3) is 0 Å². The fraction of sp³-hybridized carbons (Fsp3) is 0.500. The maximum absolute atomic E-state index is 12.3. The van der Waals surface area contributed by atoms with E-state index in [-0.39, 0.29) is 4.90 Å². The average Bonchev–Trinajstić information content (AvgIpc) is 2.39. The summed E-state index contributed by atoms with van der Waals surface area (Å²) in [5, 5.41) is 9.39. The first kappa shape index (κ1) is 13.2. The van der Waals surface area contributed by atoms with Gasteiger partial charge < -0.3 is 10.5 Å². The Balaban J connectivity index is 2.24. The van der Waals surface area contributed by atoms with Crippen molar-refractivity contribution < 1.29 is 13.5 Å². The number of nitrogen functional groups attached to an aromatic ring is 1. The predicted octanol–water partition coefficient (Wildman–Crippen LogP) is -0.487. The molecule has 0 unspecified atom stereocenters. The van der Waals surface area contributed by atoms with Gasteiger partial charge in [-0.3, -0.25) is 0 Å². The molecule has 2 rings (SSSR count). The molecule has 0 spiro atoms. The van der Waals surface area contributed by atoms with Gasteiger partial charge in [-0.25, -0.2) is 19.2 Å². The van der Waals surface area contributed by atoms with Crippen molar-refractivity contribution in [2.45, 2.75) is 23.8 Å². The number of piperidine rings is 1. The Hall–Kier alpha value is -1.22. The lowest BCUT2D eigenvalue weighted by molar-refractivity contribution is 0.113. The molecule has 18 heavy (non-hydrogen) atoms. The average molecular weight is 272 g/mol. The number of sulfonamides is 1. The minimum atomic E-state index is -3.53. The minimum Gasteiger partial charge on any atom is -0.393 e. The summed E-state index contributed by atoms with van der Waals surface area (Å²) >= 11 is 0. The highest BCUT2D eigenvalue weighted by Gasteiger charge is 2.28. The van der Waals surface area contributed by atoms with Gasteiger partial charge in [-0.15, -0.1) is 0 Å². The first-order valence-corrected chi connectivity index (χ1v) is 7.09. The van der Waals surface area contributed by atoms with Crippen LogP contribution in [-0.4, -0.2) is 42.0 Å². The van der Waals surface area contributed by atoms with E-state index in [2.05, 4.69) is 10.4 Å². The Kier molecular flexibility index (Phi) is 3.81. The maximum atomic E-state index is 12.3. The Morgan fingerprint density at radius 3 is 2.72 bits per heavy atom. The second kappa shape index (κ2) is 5.19. The molecular formula is C10H16N4O3S. The largest absolute Gasteiger partial charge is 0.393 e. The number of nitrogens with zero attached hydrogens (tertiary/aromatic N) is 2. The van der Waals surface area contributed by atoms with Crippen LogP contribution in [0.3, 0.4) is 0 Å². The van der Waals surface area contributed by atoms with Gasteiger partial charge in [0.2, 0.25) is 10.0 Å². The van der Waals surface area contributed by atoms with Crippen molar-refractivity contribution in [1.29, 1.82) is 0 Å². The molecule has 0 bridgehead atoms. The zero-order chi connectivity index (χ0) is 13.2. The molecule has 1 fully saturated rings. The van der Waals surface area contributed by atoms with Crippen molar-refractivity contribution in [2.24, 2.45) is 5.84 Å². The Bertz CT molecular complexity index is 512. The molecule has 0 amide bonds. The summed E-state index contributed by atoms with van der Waals surface area (Å²) in [6.07, 6.45) is 1.91. The van der Waals surface area contributed by atoms with Crippen molar-refractivity contribution in [2.75, 3.05) is 18.5 Å². The number of nitrogens with one attached hydrogen (secondary N) is 1. The standard InChI is InChI=1S/C10H16N4O3S/c11-13-10-7-9(1-4-12-10)18(16,17)14-5-2-8(15)3-6-14/h1,4,7-8,15H,2-3,5-6,11H2,(H,12,13). The van der Waals surface area contributed by atoms with E-state index in [1.165, 1.54) is 22.6 Å². The van der Waals surface area contributed by atoms with E-state index in [9.17, 15) is 13.5 Å². The summed E-state index contributed by atoms with van der Waals surface area (Å²) in [7, 11) is -3.53. The van der Waals surface area contributed by atoms with Crippen LogP contribution in [0, 0.1) is 0 Å². The van der Waals surface area contributed by atoms with Crippen molar-refractivity contribution in [3.05, 3.63) is 18.3 Å². The molecule has 0 atom stereocenters. The quantitative estimate of drug-likeness (QED) is 0.506. The minimum absolute atomic E-state index is 0.154. The van der Waals surface area contributed by atoms with Crippen LogP contribution in [0.4, 0.5) is 5.82 Å². The van der Waals surface area contributed by atoms with Crippen molar-refractivity contribution in [3.8, 4) is 0 Å². The number of hydrogen-bond acceptors (Lipinski definition) is 6. The molecule has 0 saturated carbocycles. The second-order valence-corrected chi connectivity index (χ2v) is 6.09. The van der Waals surface area contributed by atoms with Crippen LogP contribution in [-0.2, 0) is 10.0 Å². The van der Waals surface area contributed by atoms with Crippen molar-refractivity contribution in [1.82, 2.24) is 9.29 Å². The molecule has 1 aliphatic heterocycles. The summed E-state index contributed by atoms with van der Waals surface area (Å²) in [6, 6.07) is 2.82. The molecule has 0 aliphatic carbocycles. The number of pyridine rings is 1. The van der Waals surface area contributed by atoms with Crippen LogP contribution in [0.2, 0.25) is 0 Å². The molecule has 4 N–H and O–H groups in total. The lowest BCUT2D eigenvalue weighted by atomic mass is 10.1. The van der Waals surface area contributed by atoms with E-state index in [1.54, 1.807) is 0 Å². The number of rotatable bonds is 3. The number of anilines is 1. The summed E-state index contributed by atoms with van der Waals surface area (Å²) in [4.78, 5) is 4.02. The summed E-state index contributed by atoms with van der Waals surface area (Å²) in [6.45, 7) is 0.661. The highest BCUT2D eigenvalue weighted by Crippen LogP contribution is 2.21. The third kappa shape index (κ3) is 2.61. The summed E-state index contributed by atoms with van der Waals surface area (Å²) < 4.78 is 26.0. The zero-order valence-electron chi connectivity index (χ0n) is 9.78. The normalized spacial score (nSPS) is 18.8. The molecule has 8 heteroatoms. The molecule has 1 aromatic heterocycles. The van der Waals surface area contributed by atoms with E-state index < -0.39 is 16.1 Å². The molecule has 1 saturated heterocycles. The lowest BCUT2D eigenvalue weighted by Gasteiger charge is -2.28. The second-order valence-electron chi connectivity index (χ2n) is 4.16. The van der Waals surface area contributed by atoms with E-state index in [1.807, 2.05) is 0 Å². The highest BCUT2D eigenvalue weighted by atomic mass is 32.2. The van der Waals surface area contributed by atoms with Gasteiger partial charge in [-0.05, 0) is 18.9 Å². The summed E-state index contributed by atoms with van der Waals surface area (Å²) in [5.74, 6) is 5.50. The number of aromatic nitrogens is 1. The summed E-state index contributed by atoms with van der Waals surface area (Å²) in [5.41, 5.74) is 2.32. The molecule has 2 heterocycles. The molecule has 7 nitrogen and oxygen atoms in total. The molecular weight excluding hydrogens is 256 g/mol. The molecule has 0 aromatic carbocycles. The van der Waals surface area contributed by atoms with E-state index in [0.717, 1.165) is 0 Å². The topological polar surface area (TPSA) is 109 Å². The molecule has 1 aliphatic rings. The van der Waals surface area contributed by atoms with Crippen LogP contribution in [0.15, 0.2) is 23.2 Å². The van der Waals surface area contributed by atoms with Gasteiger partial charge in [-0.2, -0.15) is 4.31 Å². The molecule has 0 radical (unpaired) electrons. The molecule has 1 aromatic rings. The van der Waals surface area contributed by atoms with E-state index >= 15 is 0 Å².